The Morgan fingerprint density at radius 2 is 1.82 bits per heavy atom. The molecule has 0 saturated heterocycles. The SMILES string of the molecule is COc1ccc(O[C@H]2C=C[C@@H](c3ccccc3)O[C@@H]2CON=C(C)CCN2CCCc3nc(C)c(C)cc32)cc1. The van der Waals surface area contributed by atoms with Crippen molar-refractivity contribution in [1.29, 1.82) is 0 Å². The van der Waals surface area contributed by atoms with Crippen LogP contribution in [0.2, 0.25) is 0 Å². The van der Waals surface area contributed by atoms with Gasteiger partial charge in [0.2, 0.25) is 0 Å². The second-order valence-corrected chi connectivity index (χ2v) is 10.5. The van der Waals surface area contributed by atoms with Crippen molar-refractivity contribution in [2.45, 2.75) is 58.3 Å². The first kappa shape index (κ1) is 27.7. The summed E-state index contributed by atoms with van der Waals surface area (Å²) in [6, 6.07) is 20.0. The molecule has 3 atom stereocenters. The fourth-order valence-electron chi connectivity index (χ4n) is 5.09. The molecule has 210 valence electrons. The van der Waals surface area contributed by atoms with Crippen LogP contribution in [0.4, 0.5) is 5.69 Å². The third kappa shape index (κ3) is 6.83. The minimum Gasteiger partial charge on any atom is -0.497 e. The predicted octanol–water partition coefficient (Wildman–Crippen LogP) is 6.39. The van der Waals surface area contributed by atoms with Gasteiger partial charge in [0.15, 0.2) is 0 Å². The Labute approximate surface area is 237 Å². The minimum absolute atomic E-state index is 0.171. The maximum Gasteiger partial charge on any atom is 0.147 e. The fraction of sp³-hybridized carbons (Fsp3) is 0.394. The van der Waals surface area contributed by atoms with Gasteiger partial charge in [0, 0.05) is 25.2 Å². The molecule has 0 N–H and O–H groups in total. The number of nitrogens with zero attached hydrogens (tertiary/aromatic N) is 3. The number of fused-ring (bicyclic) bond motifs is 1. The molecule has 7 heteroatoms. The van der Waals surface area contributed by atoms with Gasteiger partial charge in [-0.25, -0.2) is 0 Å². The molecule has 7 nitrogen and oxygen atoms in total. The molecule has 0 unspecified atom stereocenters. The Morgan fingerprint density at radius 1 is 1.05 bits per heavy atom. The molecule has 0 amide bonds. The number of benzene rings is 2. The molecule has 0 bridgehead atoms. The van der Waals surface area contributed by atoms with E-state index in [1.54, 1.807) is 7.11 Å². The lowest BCUT2D eigenvalue weighted by Gasteiger charge is -2.32. The summed E-state index contributed by atoms with van der Waals surface area (Å²) < 4.78 is 18.0. The van der Waals surface area contributed by atoms with Crippen LogP contribution in [0.1, 0.15) is 48.4 Å². The third-order valence-electron chi connectivity index (χ3n) is 7.53. The van der Waals surface area contributed by atoms with Crippen molar-refractivity contribution in [2.75, 3.05) is 31.7 Å². The number of aromatic nitrogens is 1. The van der Waals surface area contributed by atoms with E-state index in [4.69, 9.17) is 24.0 Å². The Morgan fingerprint density at radius 3 is 2.60 bits per heavy atom. The van der Waals surface area contributed by atoms with Crippen molar-refractivity contribution in [3.05, 3.63) is 95.3 Å². The average molecular weight is 542 g/mol. The lowest BCUT2D eigenvalue weighted by Crippen LogP contribution is -2.39. The van der Waals surface area contributed by atoms with Crippen molar-refractivity contribution in [1.82, 2.24) is 4.98 Å². The maximum absolute atomic E-state index is 6.45. The van der Waals surface area contributed by atoms with Crippen LogP contribution in [0.5, 0.6) is 11.5 Å². The molecule has 0 radical (unpaired) electrons. The molecular formula is C33H39N3O4. The Hall–Kier alpha value is -3.84. The van der Waals surface area contributed by atoms with Crippen LogP contribution in [0.3, 0.4) is 0 Å². The number of methoxy groups -OCH3 is 1. The topological polar surface area (TPSA) is 65.4 Å². The zero-order valence-corrected chi connectivity index (χ0v) is 23.9. The Bertz CT molecular complexity index is 1320. The molecule has 0 saturated carbocycles. The van der Waals surface area contributed by atoms with E-state index in [2.05, 4.69) is 48.2 Å². The third-order valence-corrected chi connectivity index (χ3v) is 7.53. The van der Waals surface area contributed by atoms with E-state index in [1.807, 2.05) is 55.5 Å². The van der Waals surface area contributed by atoms with Gasteiger partial charge >= 0.3 is 0 Å². The zero-order valence-electron chi connectivity index (χ0n) is 23.9. The number of ether oxygens (including phenoxy) is 3. The Balaban J connectivity index is 1.21. The van der Waals surface area contributed by atoms with Gasteiger partial charge in [-0.3, -0.25) is 4.98 Å². The van der Waals surface area contributed by atoms with Crippen LogP contribution in [0.15, 0.2) is 78.0 Å². The van der Waals surface area contributed by atoms with E-state index in [-0.39, 0.29) is 24.9 Å². The summed E-state index contributed by atoms with van der Waals surface area (Å²) in [5.41, 5.74) is 6.86. The predicted molar refractivity (Wildman–Crippen MR) is 159 cm³/mol. The van der Waals surface area contributed by atoms with Gasteiger partial charge in [0.05, 0.1) is 24.2 Å². The molecule has 2 aliphatic heterocycles. The second-order valence-electron chi connectivity index (χ2n) is 10.5. The van der Waals surface area contributed by atoms with E-state index >= 15 is 0 Å². The zero-order chi connectivity index (χ0) is 27.9. The van der Waals surface area contributed by atoms with E-state index in [1.165, 1.54) is 16.9 Å². The van der Waals surface area contributed by atoms with Gasteiger partial charge in [-0.1, -0.05) is 41.6 Å². The standard InChI is InChI=1S/C33H39N3O4/c1-23-21-30-29(34-25(23)3)11-8-19-36(30)20-18-24(2)35-38-22-33-32(39-28-14-12-27(37-4)13-15-28)17-16-31(40-33)26-9-6-5-7-10-26/h5-7,9-10,12-17,21,31-33H,8,11,18-20,22H2,1-4H3/t31-,32-,33+/m0/s1. The second kappa shape index (κ2) is 13.0. The summed E-state index contributed by atoms with van der Waals surface area (Å²) >= 11 is 0. The minimum atomic E-state index is -0.333. The molecule has 0 fully saturated rings. The average Bonchev–Trinajstić information content (AvgIpc) is 2.98. The van der Waals surface area contributed by atoms with Gasteiger partial charge in [0.25, 0.3) is 0 Å². The first-order valence-electron chi connectivity index (χ1n) is 14.1. The smallest absolute Gasteiger partial charge is 0.147 e. The lowest BCUT2D eigenvalue weighted by molar-refractivity contribution is -0.0878. The summed E-state index contributed by atoms with van der Waals surface area (Å²) in [6.45, 7) is 8.44. The van der Waals surface area contributed by atoms with Crippen LogP contribution in [-0.4, -0.2) is 49.7 Å². The van der Waals surface area contributed by atoms with Gasteiger partial charge in [0.1, 0.15) is 36.4 Å². The fourth-order valence-corrected chi connectivity index (χ4v) is 5.09. The summed E-state index contributed by atoms with van der Waals surface area (Å²) in [7, 11) is 1.65. The van der Waals surface area contributed by atoms with Crippen LogP contribution < -0.4 is 14.4 Å². The van der Waals surface area contributed by atoms with Crippen molar-refractivity contribution in [3.8, 4) is 11.5 Å². The number of hydrogen-bond donors (Lipinski definition) is 0. The molecule has 3 aromatic rings. The number of aryl methyl sites for hydroxylation is 3. The molecule has 3 heterocycles. The van der Waals surface area contributed by atoms with Crippen molar-refractivity contribution >= 4 is 11.4 Å². The highest BCUT2D eigenvalue weighted by atomic mass is 16.6. The summed E-state index contributed by atoms with van der Waals surface area (Å²) in [5.74, 6) is 1.52. The first-order chi connectivity index (χ1) is 19.5. The van der Waals surface area contributed by atoms with Gasteiger partial charge < -0.3 is 23.9 Å². The highest BCUT2D eigenvalue weighted by Crippen LogP contribution is 2.30. The van der Waals surface area contributed by atoms with Gasteiger partial charge in [-0.05, 0) is 81.1 Å². The van der Waals surface area contributed by atoms with Crippen LogP contribution in [0.25, 0.3) is 0 Å². The lowest BCUT2D eigenvalue weighted by atomic mass is 10.0. The van der Waals surface area contributed by atoms with Gasteiger partial charge in [-0.15, -0.1) is 0 Å². The van der Waals surface area contributed by atoms with Crippen molar-refractivity contribution in [2.24, 2.45) is 5.16 Å². The number of anilines is 1. The summed E-state index contributed by atoms with van der Waals surface area (Å²) in [4.78, 5) is 13.1. The monoisotopic (exact) mass is 541 g/mol. The first-order valence-corrected chi connectivity index (χ1v) is 14.1. The molecule has 1 aromatic heterocycles. The molecule has 40 heavy (non-hydrogen) atoms. The van der Waals surface area contributed by atoms with Crippen LogP contribution in [0, 0.1) is 13.8 Å². The van der Waals surface area contributed by atoms with Crippen LogP contribution in [-0.2, 0) is 16.0 Å². The highest BCUT2D eigenvalue weighted by Gasteiger charge is 2.30. The van der Waals surface area contributed by atoms with Gasteiger partial charge in [-0.2, -0.15) is 0 Å². The summed E-state index contributed by atoms with van der Waals surface area (Å²) in [5, 5.41) is 4.45. The van der Waals surface area contributed by atoms with E-state index in [0.717, 1.165) is 60.8 Å². The van der Waals surface area contributed by atoms with E-state index < -0.39 is 0 Å². The molecule has 0 aliphatic carbocycles. The molecule has 5 rings (SSSR count). The quantitative estimate of drug-likeness (QED) is 0.168. The number of rotatable bonds is 10. The van der Waals surface area contributed by atoms with Crippen molar-refractivity contribution in [3.63, 3.8) is 0 Å². The Kier molecular flexibility index (Phi) is 9.01. The maximum atomic E-state index is 6.45. The van der Waals surface area contributed by atoms with E-state index in [0.29, 0.717) is 0 Å². The molecular weight excluding hydrogens is 502 g/mol. The molecule has 2 aromatic carbocycles. The normalized spacial score (nSPS) is 20.6. The van der Waals surface area contributed by atoms with Crippen LogP contribution >= 0.6 is 0 Å². The largest absolute Gasteiger partial charge is 0.497 e. The van der Waals surface area contributed by atoms with Crippen molar-refractivity contribution < 1.29 is 19.0 Å². The molecule has 0 spiro atoms. The number of hydrogen-bond acceptors (Lipinski definition) is 7. The number of pyridine rings is 1. The number of oxime groups is 1. The van der Waals surface area contributed by atoms with E-state index in [9.17, 15) is 0 Å². The highest BCUT2D eigenvalue weighted by molar-refractivity contribution is 5.82. The summed E-state index contributed by atoms with van der Waals surface area (Å²) in [6.07, 6.45) is 6.27. The molecule has 2 aliphatic rings.